The van der Waals surface area contributed by atoms with Crippen LogP contribution >= 0.6 is 0 Å². The number of rotatable bonds is 4. The predicted molar refractivity (Wildman–Crippen MR) is 85.1 cm³/mol. The Balaban J connectivity index is 1.37. The van der Waals surface area contributed by atoms with Gasteiger partial charge in [-0.25, -0.2) is 0 Å². The van der Waals surface area contributed by atoms with Crippen LogP contribution in [-0.4, -0.2) is 44.1 Å². The van der Waals surface area contributed by atoms with Gasteiger partial charge in [-0.1, -0.05) is 5.16 Å². The first kappa shape index (κ1) is 14.9. The number of amides is 1. The predicted octanol–water partition coefficient (Wildman–Crippen LogP) is 2.08. The summed E-state index contributed by atoms with van der Waals surface area (Å²) in [6.07, 6.45) is 9.21. The Morgan fingerprint density at radius 1 is 1.29 bits per heavy atom. The lowest BCUT2D eigenvalue weighted by molar-refractivity contribution is -0.125. The third kappa shape index (κ3) is 3.15. The molecule has 2 aliphatic rings. The van der Waals surface area contributed by atoms with E-state index in [1.807, 2.05) is 0 Å². The summed E-state index contributed by atoms with van der Waals surface area (Å²) in [6, 6.07) is 1.56. The molecular weight excluding hydrogens is 308 g/mol. The van der Waals surface area contributed by atoms with Crippen LogP contribution in [0.25, 0.3) is 6.08 Å². The quantitative estimate of drug-likeness (QED) is 0.865. The smallest absolute Gasteiger partial charge is 0.246 e. The van der Waals surface area contributed by atoms with Crippen molar-refractivity contribution in [1.82, 2.24) is 20.0 Å². The average molecular weight is 326 g/mol. The summed E-state index contributed by atoms with van der Waals surface area (Å²) in [5, 5.41) is 13.4. The normalized spacial score (nSPS) is 20.8. The van der Waals surface area contributed by atoms with Gasteiger partial charge < -0.3 is 14.5 Å². The molecular formula is C17H18N4O3. The second kappa shape index (κ2) is 6.07. The van der Waals surface area contributed by atoms with Crippen LogP contribution in [0.5, 0.6) is 5.75 Å². The lowest BCUT2D eigenvalue weighted by Crippen LogP contribution is -2.26. The highest BCUT2D eigenvalue weighted by molar-refractivity contribution is 5.92. The van der Waals surface area contributed by atoms with Gasteiger partial charge in [0, 0.05) is 31.3 Å². The van der Waals surface area contributed by atoms with Gasteiger partial charge >= 0.3 is 0 Å². The maximum atomic E-state index is 12.3. The van der Waals surface area contributed by atoms with Crippen molar-refractivity contribution in [3.63, 3.8) is 0 Å². The van der Waals surface area contributed by atoms with E-state index in [0.29, 0.717) is 30.5 Å². The Bertz CT molecular complexity index is 782. The molecule has 0 radical (unpaired) electrons. The summed E-state index contributed by atoms with van der Waals surface area (Å²) in [6.45, 7) is 1.26. The molecule has 1 saturated heterocycles. The Labute approximate surface area is 139 Å². The number of hydrogen-bond acceptors (Lipinski definition) is 6. The van der Waals surface area contributed by atoms with Crippen molar-refractivity contribution in [3.8, 4) is 5.75 Å². The third-order valence-electron chi connectivity index (χ3n) is 4.41. The Morgan fingerprint density at radius 2 is 2.17 bits per heavy atom. The van der Waals surface area contributed by atoms with Gasteiger partial charge in [-0.2, -0.15) is 4.98 Å². The minimum absolute atomic E-state index is 0.0669. The summed E-state index contributed by atoms with van der Waals surface area (Å²) in [5.74, 6) is 2.06. The first-order valence-corrected chi connectivity index (χ1v) is 8.13. The molecule has 24 heavy (non-hydrogen) atoms. The van der Waals surface area contributed by atoms with E-state index in [1.54, 1.807) is 23.2 Å². The van der Waals surface area contributed by atoms with Crippen LogP contribution in [0.2, 0.25) is 0 Å². The summed E-state index contributed by atoms with van der Waals surface area (Å²) < 4.78 is 5.37. The molecule has 0 bridgehead atoms. The van der Waals surface area contributed by atoms with Gasteiger partial charge in [-0.3, -0.25) is 9.78 Å². The largest absolute Gasteiger partial charge is 0.506 e. The highest BCUT2D eigenvalue weighted by atomic mass is 16.5. The van der Waals surface area contributed by atoms with E-state index in [0.717, 1.165) is 25.1 Å². The van der Waals surface area contributed by atoms with Crippen molar-refractivity contribution in [1.29, 1.82) is 0 Å². The van der Waals surface area contributed by atoms with Gasteiger partial charge in [-0.05, 0) is 37.0 Å². The molecule has 2 aromatic rings. The van der Waals surface area contributed by atoms with Gasteiger partial charge in [0.2, 0.25) is 11.8 Å². The number of likely N-dealkylation sites (tertiary alicyclic amines) is 1. The second-order valence-electron chi connectivity index (χ2n) is 6.34. The van der Waals surface area contributed by atoms with Crippen molar-refractivity contribution < 1.29 is 14.4 Å². The highest BCUT2D eigenvalue weighted by Crippen LogP contribution is 2.39. The molecule has 2 fully saturated rings. The van der Waals surface area contributed by atoms with Gasteiger partial charge in [-0.15, -0.1) is 0 Å². The van der Waals surface area contributed by atoms with Gasteiger partial charge in [0.15, 0.2) is 5.82 Å². The molecule has 7 heteroatoms. The van der Waals surface area contributed by atoms with Crippen molar-refractivity contribution in [2.45, 2.75) is 31.1 Å². The first-order chi connectivity index (χ1) is 11.7. The molecule has 7 nitrogen and oxygen atoms in total. The van der Waals surface area contributed by atoms with Gasteiger partial charge in [0.05, 0.1) is 12.1 Å². The Kier molecular flexibility index (Phi) is 3.76. The van der Waals surface area contributed by atoms with Gasteiger partial charge in [0.25, 0.3) is 0 Å². The fourth-order valence-corrected chi connectivity index (χ4v) is 2.89. The molecule has 0 aromatic carbocycles. The molecule has 1 amide bonds. The van der Waals surface area contributed by atoms with Gasteiger partial charge in [0.1, 0.15) is 5.75 Å². The summed E-state index contributed by atoms with van der Waals surface area (Å²) in [7, 11) is 0. The van der Waals surface area contributed by atoms with Crippen LogP contribution in [-0.2, 0) is 4.79 Å². The zero-order valence-electron chi connectivity index (χ0n) is 13.1. The molecule has 1 unspecified atom stereocenters. The van der Waals surface area contributed by atoms with Crippen LogP contribution < -0.4 is 0 Å². The second-order valence-corrected chi connectivity index (χ2v) is 6.34. The summed E-state index contributed by atoms with van der Waals surface area (Å²) in [5.41, 5.74) is 0.685. The summed E-state index contributed by atoms with van der Waals surface area (Å²) >= 11 is 0. The topological polar surface area (TPSA) is 92.3 Å². The summed E-state index contributed by atoms with van der Waals surface area (Å²) in [4.78, 5) is 22.4. The third-order valence-corrected chi connectivity index (χ3v) is 4.41. The fourth-order valence-electron chi connectivity index (χ4n) is 2.89. The van der Waals surface area contributed by atoms with Crippen molar-refractivity contribution in [3.05, 3.63) is 41.8 Å². The molecule has 2 aromatic heterocycles. The van der Waals surface area contributed by atoms with Crippen LogP contribution in [0.3, 0.4) is 0 Å². The van der Waals surface area contributed by atoms with E-state index in [1.165, 1.54) is 12.3 Å². The number of aromatic hydroxyl groups is 1. The van der Waals surface area contributed by atoms with Crippen molar-refractivity contribution in [2.24, 2.45) is 0 Å². The molecule has 1 aliphatic carbocycles. The zero-order chi connectivity index (χ0) is 16.5. The number of carbonyl (C=O) groups is 1. The maximum Gasteiger partial charge on any atom is 0.246 e. The van der Waals surface area contributed by atoms with Crippen LogP contribution in [0.4, 0.5) is 0 Å². The molecule has 1 aliphatic heterocycles. The molecule has 124 valence electrons. The van der Waals surface area contributed by atoms with E-state index in [4.69, 9.17) is 4.52 Å². The lowest BCUT2D eigenvalue weighted by Gasteiger charge is -2.12. The van der Waals surface area contributed by atoms with E-state index in [2.05, 4.69) is 15.1 Å². The first-order valence-electron chi connectivity index (χ1n) is 8.13. The molecule has 4 rings (SSSR count). The van der Waals surface area contributed by atoms with E-state index in [9.17, 15) is 9.90 Å². The molecule has 1 saturated carbocycles. The Morgan fingerprint density at radius 3 is 2.96 bits per heavy atom. The fraction of sp³-hybridized carbons (Fsp3) is 0.412. The lowest BCUT2D eigenvalue weighted by atomic mass is 10.1. The maximum absolute atomic E-state index is 12.3. The van der Waals surface area contributed by atoms with Crippen LogP contribution in [0.1, 0.15) is 48.4 Å². The number of hydrogen-bond donors (Lipinski definition) is 1. The van der Waals surface area contributed by atoms with E-state index >= 15 is 0 Å². The highest BCUT2D eigenvalue weighted by Gasteiger charge is 2.33. The number of carbonyl (C=O) groups excluding carboxylic acids is 1. The monoisotopic (exact) mass is 326 g/mol. The minimum atomic E-state index is -0.0669. The minimum Gasteiger partial charge on any atom is -0.506 e. The van der Waals surface area contributed by atoms with E-state index < -0.39 is 0 Å². The number of pyridine rings is 1. The number of nitrogens with zero attached hydrogens (tertiary/aromatic N) is 4. The van der Waals surface area contributed by atoms with Crippen LogP contribution in [0.15, 0.2) is 29.1 Å². The standard InChI is InChI=1S/C17H18N4O3/c22-14-7-11(8-18-9-14)1-4-15(23)21-6-5-13(10-21)17-19-16(20-24-17)12-2-3-12/h1,4,7-9,12-13,22H,2-3,5-6,10H2/b4-1+. The zero-order valence-corrected chi connectivity index (χ0v) is 13.1. The van der Waals surface area contributed by atoms with E-state index in [-0.39, 0.29) is 17.6 Å². The Hall–Kier alpha value is -2.70. The average Bonchev–Trinajstić information content (AvgIpc) is 3.12. The number of aromatic nitrogens is 3. The molecule has 1 atom stereocenters. The molecule has 3 heterocycles. The van der Waals surface area contributed by atoms with Crippen molar-refractivity contribution in [2.75, 3.05) is 13.1 Å². The van der Waals surface area contributed by atoms with Crippen molar-refractivity contribution >= 4 is 12.0 Å². The molecule has 0 spiro atoms. The van der Waals surface area contributed by atoms with Crippen LogP contribution in [0, 0.1) is 0 Å². The SMILES string of the molecule is O=C(/C=C/c1cncc(O)c1)N1CCC(c2nc(C3CC3)no2)C1. The molecule has 1 N–H and O–H groups in total.